The number of piperidine rings is 1. The van der Waals surface area contributed by atoms with E-state index in [2.05, 4.69) is 51.8 Å². The van der Waals surface area contributed by atoms with Crippen molar-refractivity contribution >= 4 is 0 Å². The zero-order valence-electron chi connectivity index (χ0n) is 15.3. The Labute approximate surface area is 133 Å². The van der Waals surface area contributed by atoms with E-state index in [1.54, 1.807) is 0 Å². The molecule has 3 atom stereocenters. The van der Waals surface area contributed by atoms with Gasteiger partial charge in [0.1, 0.15) is 0 Å². The van der Waals surface area contributed by atoms with Gasteiger partial charge in [0.15, 0.2) is 0 Å². The third kappa shape index (κ3) is 5.25. The maximum absolute atomic E-state index is 3.87. The lowest BCUT2D eigenvalue weighted by Gasteiger charge is -2.44. The van der Waals surface area contributed by atoms with Crippen LogP contribution < -0.4 is 5.32 Å². The molecule has 0 aromatic rings. The largest absolute Gasteiger partial charge is 0.312 e. The van der Waals surface area contributed by atoms with E-state index < -0.39 is 0 Å². The van der Waals surface area contributed by atoms with Crippen LogP contribution in [0.5, 0.6) is 0 Å². The highest BCUT2D eigenvalue weighted by molar-refractivity contribution is 4.93. The fraction of sp³-hybridized carbons (Fsp3) is 1.00. The summed E-state index contributed by atoms with van der Waals surface area (Å²) in [6.45, 7) is 17.9. The van der Waals surface area contributed by atoms with Crippen molar-refractivity contribution in [3.63, 3.8) is 0 Å². The van der Waals surface area contributed by atoms with Gasteiger partial charge in [-0.05, 0) is 48.9 Å². The third-order valence-electron chi connectivity index (χ3n) is 5.43. The first-order valence-corrected chi connectivity index (χ1v) is 9.27. The van der Waals surface area contributed by atoms with Crippen molar-refractivity contribution < 1.29 is 0 Å². The van der Waals surface area contributed by atoms with Crippen LogP contribution in [-0.4, -0.2) is 36.6 Å². The van der Waals surface area contributed by atoms with E-state index in [9.17, 15) is 0 Å². The highest BCUT2D eigenvalue weighted by atomic mass is 15.2. The van der Waals surface area contributed by atoms with Gasteiger partial charge in [0.25, 0.3) is 0 Å². The number of hydrogen-bond donors (Lipinski definition) is 1. The highest BCUT2D eigenvalue weighted by Crippen LogP contribution is 2.39. The first kappa shape index (κ1) is 17.3. The minimum Gasteiger partial charge on any atom is -0.312 e. The van der Waals surface area contributed by atoms with E-state index in [-0.39, 0.29) is 0 Å². The van der Waals surface area contributed by atoms with Crippen molar-refractivity contribution in [2.45, 2.75) is 79.3 Å². The predicted octanol–water partition coefficient (Wildman–Crippen LogP) is 4.16. The normalized spacial score (nSPS) is 29.9. The van der Waals surface area contributed by atoms with Crippen molar-refractivity contribution in [1.82, 2.24) is 10.2 Å². The SMILES string of the molecule is CCC(C1CC1)N1CC(NCC(C)(C)C)CC(C(C)C)C1. The second-order valence-electron chi connectivity index (χ2n) is 9.15. The van der Waals surface area contributed by atoms with Crippen LogP contribution in [-0.2, 0) is 0 Å². The molecule has 0 aromatic heterocycles. The Hall–Kier alpha value is -0.0800. The van der Waals surface area contributed by atoms with Gasteiger partial charge in [-0.25, -0.2) is 0 Å². The van der Waals surface area contributed by atoms with Crippen LogP contribution in [0.1, 0.15) is 67.2 Å². The molecule has 3 unspecified atom stereocenters. The molecule has 1 aliphatic heterocycles. The maximum Gasteiger partial charge on any atom is 0.0198 e. The van der Waals surface area contributed by atoms with Gasteiger partial charge >= 0.3 is 0 Å². The topological polar surface area (TPSA) is 15.3 Å². The quantitative estimate of drug-likeness (QED) is 0.791. The Balaban J connectivity index is 1.97. The van der Waals surface area contributed by atoms with Gasteiger partial charge in [-0.3, -0.25) is 4.90 Å². The fourth-order valence-electron chi connectivity index (χ4n) is 3.90. The molecule has 1 saturated carbocycles. The highest BCUT2D eigenvalue weighted by Gasteiger charge is 2.38. The number of hydrogen-bond acceptors (Lipinski definition) is 2. The lowest BCUT2D eigenvalue weighted by molar-refractivity contribution is 0.0645. The van der Waals surface area contributed by atoms with Crippen LogP contribution in [0.25, 0.3) is 0 Å². The lowest BCUT2D eigenvalue weighted by atomic mass is 9.84. The maximum atomic E-state index is 3.87. The molecule has 2 fully saturated rings. The summed E-state index contributed by atoms with van der Waals surface area (Å²) < 4.78 is 0. The van der Waals surface area contributed by atoms with E-state index in [1.807, 2.05) is 0 Å². The molecule has 1 N–H and O–H groups in total. The lowest BCUT2D eigenvalue weighted by Crippen LogP contribution is -2.54. The Morgan fingerprint density at radius 1 is 1.10 bits per heavy atom. The van der Waals surface area contributed by atoms with Gasteiger partial charge in [-0.15, -0.1) is 0 Å². The molecule has 0 amide bonds. The van der Waals surface area contributed by atoms with Crippen molar-refractivity contribution in [3.05, 3.63) is 0 Å². The number of likely N-dealkylation sites (tertiary alicyclic amines) is 1. The summed E-state index contributed by atoms with van der Waals surface area (Å²) >= 11 is 0. The molecular weight excluding hydrogens is 256 g/mol. The van der Waals surface area contributed by atoms with Crippen molar-refractivity contribution in [3.8, 4) is 0 Å². The molecule has 0 radical (unpaired) electrons. The third-order valence-corrected chi connectivity index (χ3v) is 5.43. The number of nitrogens with zero attached hydrogens (tertiary/aromatic N) is 1. The van der Waals surface area contributed by atoms with E-state index >= 15 is 0 Å². The van der Waals surface area contributed by atoms with Crippen molar-refractivity contribution in [1.29, 1.82) is 0 Å². The summed E-state index contributed by atoms with van der Waals surface area (Å²) in [5.41, 5.74) is 0.385. The van der Waals surface area contributed by atoms with E-state index in [0.717, 1.165) is 30.3 Å². The Kier molecular flexibility index (Phi) is 5.76. The van der Waals surface area contributed by atoms with Crippen LogP contribution in [0.4, 0.5) is 0 Å². The molecule has 1 heterocycles. The second-order valence-corrected chi connectivity index (χ2v) is 9.15. The monoisotopic (exact) mass is 294 g/mol. The van der Waals surface area contributed by atoms with Gasteiger partial charge in [0.2, 0.25) is 0 Å². The summed E-state index contributed by atoms with van der Waals surface area (Å²) in [5.74, 6) is 2.68. The number of nitrogens with one attached hydrogen (secondary N) is 1. The average Bonchev–Trinajstić information content (AvgIpc) is 3.21. The molecule has 0 aromatic carbocycles. The molecule has 2 nitrogen and oxygen atoms in total. The van der Waals surface area contributed by atoms with Crippen molar-refractivity contribution in [2.24, 2.45) is 23.2 Å². The molecular formula is C19H38N2. The molecule has 2 aliphatic rings. The number of rotatable bonds is 6. The van der Waals surface area contributed by atoms with Crippen LogP contribution in [0, 0.1) is 23.2 Å². The fourth-order valence-corrected chi connectivity index (χ4v) is 3.90. The van der Waals surface area contributed by atoms with Crippen LogP contribution in [0.3, 0.4) is 0 Å². The smallest absolute Gasteiger partial charge is 0.0198 e. The first-order chi connectivity index (χ1) is 9.80. The zero-order valence-corrected chi connectivity index (χ0v) is 15.3. The average molecular weight is 295 g/mol. The minimum absolute atomic E-state index is 0.385. The first-order valence-electron chi connectivity index (χ1n) is 9.27. The van der Waals surface area contributed by atoms with Gasteiger partial charge < -0.3 is 5.32 Å². The molecule has 2 heteroatoms. The molecule has 1 saturated heterocycles. The molecule has 0 spiro atoms. The van der Waals surface area contributed by atoms with Gasteiger partial charge in [0.05, 0.1) is 0 Å². The Morgan fingerprint density at radius 3 is 2.24 bits per heavy atom. The standard InChI is InChI=1S/C19H38N2/c1-7-18(15-8-9-15)21-11-16(14(2)3)10-17(12-21)20-13-19(4,5)6/h14-18,20H,7-13H2,1-6H3. The zero-order chi connectivity index (χ0) is 15.6. The second kappa shape index (κ2) is 7.00. The summed E-state index contributed by atoms with van der Waals surface area (Å²) in [5, 5.41) is 3.87. The molecule has 21 heavy (non-hydrogen) atoms. The summed E-state index contributed by atoms with van der Waals surface area (Å²) in [7, 11) is 0. The summed E-state index contributed by atoms with van der Waals surface area (Å²) in [4.78, 5) is 2.84. The van der Waals surface area contributed by atoms with Gasteiger partial charge in [0, 0.05) is 31.7 Å². The molecule has 0 bridgehead atoms. The molecule has 2 rings (SSSR count). The van der Waals surface area contributed by atoms with E-state index in [1.165, 1.54) is 38.8 Å². The van der Waals surface area contributed by atoms with Crippen LogP contribution >= 0.6 is 0 Å². The Morgan fingerprint density at radius 2 is 1.76 bits per heavy atom. The minimum atomic E-state index is 0.385. The van der Waals surface area contributed by atoms with E-state index in [0.29, 0.717) is 11.5 Å². The van der Waals surface area contributed by atoms with E-state index in [4.69, 9.17) is 0 Å². The molecule has 124 valence electrons. The van der Waals surface area contributed by atoms with Crippen LogP contribution in [0.2, 0.25) is 0 Å². The summed E-state index contributed by atoms with van der Waals surface area (Å²) in [6.07, 6.45) is 5.65. The van der Waals surface area contributed by atoms with Crippen molar-refractivity contribution in [2.75, 3.05) is 19.6 Å². The van der Waals surface area contributed by atoms with Gasteiger partial charge in [-0.1, -0.05) is 41.5 Å². The van der Waals surface area contributed by atoms with Gasteiger partial charge in [-0.2, -0.15) is 0 Å². The molecule has 1 aliphatic carbocycles. The van der Waals surface area contributed by atoms with Crippen LogP contribution in [0.15, 0.2) is 0 Å². The Bertz CT molecular complexity index is 314. The predicted molar refractivity (Wildman–Crippen MR) is 92.6 cm³/mol. The summed E-state index contributed by atoms with van der Waals surface area (Å²) in [6, 6.07) is 1.55.